The van der Waals surface area contributed by atoms with Gasteiger partial charge in [0.1, 0.15) is 0 Å². The zero-order valence-electron chi connectivity index (χ0n) is 6.07. The molecule has 0 atom stereocenters. The lowest BCUT2D eigenvalue weighted by Gasteiger charge is -1.96. The minimum atomic E-state index is 1.21. The third-order valence-electron chi connectivity index (χ3n) is 1.05. The van der Waals surface area contributed by atoms with E-state index in [1.807, 2.05) is 0 Å². The highest BCUT2D eigenvalue weighted by Gasteiger charge is 1.88. The van der Waals surface area contributed by atoms with E-state index in [2.05, 4.69) is 32.9 Å². The van der Waals surface area contributed by atoms with Gasteiger partial charge in [0.05, 0.1) is 0 Å². The van der Waals surface area contributed by atoms with Crippen LogP contribution in [0.5, 0.6) is 0 Å². The van der Waals surface area contributed by atoms with Gasteiger partial charge in [-0.25, -0.2) is 0 Å². The second-order valence-corrected chi connectivity index (χ2v) is 2.31. The molecule has 0 heteroatoms. The minimum Gasteiger partial charge on any atom is -0.0917 e. The van der Waals surface area contributed by atoms with E-state index in [0.29, 0.717) is 0 Å². The van der Waals surface area contributed by atoms with E-state index in [9.17, 15) is 0 Å². The largest absolute Gasteiger partial charge is 0.0917 e. The molecule has 0 aliphatic heterocycles. The van der Waals surface area contributed by atoms with Crippen molar-refractivity contribution in [2.24, 2.45) is 0 Å². The Balaban J connectivity index is 2.93. The lowest BCUT2D eigenvalue weighted by atomic mass is 10.1. The van der Waals surface area contributed by atoms with Crippen LogP contribution < -0.4 is 0 Å². The van der Waals surface area contributed by atoms with Gasteiger partial charge in [-0.05, 0) is 25.7 Å². The van der Waals surface area contributed by atoms with Crippen molar-refractivity contribution < 1.29 is 0 Å². The maximum absolute atomic E-state index is 2.20. The van der Waals surface area contributed by atoms with E-state index in [4.69, 9.17) is 0 Å². The summed E-state index contributed by atoms with van der Waals surface area (Å²) in [4.78, 5) is 0. The van der Waals surface area contributed by atoms with Crippen molar-refractivity contribution in [3.05, 3.63) is 18.1 Å². The number of allylic oxidation sites excluding steroid dienone is 2. The smallest absolute Gasteiger partial charge is 0.0300 e. The van der Waals surface area contributed by atoms with E-state index in [-0.39, 0.29) is 0 Å². The molecule has 0 aromatic heterocycles. The Morgan fingerprint density at radius 3 is 2.38 bits per heavy atom. The average Bonchev–Trinajstić information content (AvgIpc) is 1.66. The second-order valence-electron chi connectivity index (χ2n) is 2.31. The first-order chi connectivity index (χ1) is 3.77. The van der Waals surface area contributed by atoms with E-state index in [1.165, 1.54) is 18.8 Å². The lowest BCUT2D eigenvalue weighted by molar-refractivity contribution is 0.851. The highest BCUT2D eigenvalue weighted by Crippen LogP contribution is 2.05. The van der Waals surface area contributed by atoms with Crippen molar-refractivity contribution in [3.63, 3.8) is 0 Å². The molecule has 8 heavy (non-hydrogen) atoms. The fraction of sp³-hybridized carbons (Fsp3) is 0.625. The van der Waals surface area contributed by atoms with Gasteiger partial charge >= 0.3 is 0 Å². The Bertz CT molecular complexity index is 60.4. The third kappa shape index (κ3) is 5.74. The minimum absolute atomic E-state index is 1.21. The van der Waals surface area contributed by atoms with E-state index < -0.39 is 0 Å². The van der Waals surface area contributed by atoms with E-state index in [1.54, 1.807) is 0 Å². The average molecular weight is 111 g/mol. The van der Waals surface area contributed by atoms with Crippen LogP contribution in [-0.2, 0) is 0 Å². The Morgan fingerprint density at radius 1 is 1.38 bits per heavy atom. The number of hydrogen-bond donors (Lipinski definition) is 0. The predicted molar refractivity (Wildman–Crippen MR) is 38.6 cm³/mol. The molecule has 0 aliphatic carbocycles. The van der Waals surface area contributed by atoms with E-state index in [0.717, 1.165) is 0 Å². The van der Waals surface area contributed by atoms with Crippen molar-refractivity contribution >= 4 is 0 Å². The molecule has 0 rings (SSSR count). The van der Waals surface area contributed by atoms with Crippen LogP contribution >= 0.6 is 0 Å². The first-order valence-electron chi connectivity index (χ1n) is 3.17. The van der Waals surface area contributed by atoms with Gasteiger partial charge in [0, 0.05) is 0 Å². The fourth-order valence-electron chi connectivity index (χ4n) is 0.539. The molecule has 0 aliphatic rings. The maximum atomic E-state index is 2.20. The van der Waals surface area contributed by atoms with E-state index >= 15 is 0 Å². The molecule has 47 valence electrons. The summed E-state index contributed by atoms with van der Waals surface area (Å²) >= 11 is 0. The topological polar surface area (TPSA) is 0 Å². The van der Waals surface area contributed by atoms with Gasteiger partial charge in [0.25, 0.3) is 0 Å². The van der Waals surface area contributed by atoms with Crippen molar-refractivity contribution in [3.8, 4) is 0 Å². The molecule has 0 aromatic rings. The van der Waals surface area contributed by atoms with Crippen molar-refractivity contribution in [1.29, 1.82) is 0 Å². The Labute approximate surface area is 52.6 Å². The van der Waals surface area contributed by atoms with Gasteiger partial charge < -0.3 is 0 Å². The highest BCUT2D eigenvalue weighted by atomic mass is 13.9. The lowest BCUT2D eigenvalue weighted by Crippen LogP contribution is -1.80. The summed E-state index contributed by atoms with van der Waals surface area (Å²) in [7, 11) is 0. The monoisotopic (exact) mass is 111 g/mol. The zero-order valence-corrected chi connectivity index (χ0v) is 6.07. The van der Waals surface area contributed by atoms with Crippen LogP contribution in [0.4, 0.5) is 0 Å². The van der Waals surface area contributed by atoms with Crippen LogP contribution in [0.15, 0.2) is 12.2 Å². The molecule has 0 heterocycles. The summed E-state index contributed by atoms with van der Waals surface area (Å²) in [6, 6.07) is 0. The summed E-state index contributed by atoms with van der Waals surface area (Å²) in [5, 5.41) is 0. The van der Waals surface area contributed by atoms with Gasteiger partial charge in [0.15, 0.2) is 0 Å². The van der Waals surface area contributed by atoms with Crippen LogP contribution in [0.3, 0.4) is 0 Å². The molecule has 0 unspecified atom stereocenters. The molecule has 0 nitrogen and oxygen atoms in total. The summed E-state index contributed by atoms with van der Waals surface area (Å²) in [5.41, 5.74) is 0. The molecule has 0 saturated carbocycles. The Hall–Kier alpha value is -0.260. The molecule has 0 fully saturated rings. The second kappa shape index (κ2) is 4.89. The molecule has 0 spiro atoms. The fourth-order valence-corrected chi connectivity index (χ4v) is 0.539. The summed E-state index contributed by atoms with van der Waals surface area (Å²) in [5.74, 6) is 1.52. The van der Waals surface area contributed by atoms with Gasteiger partial charge in [0.2, 0.25) is 0 Å². The van der Waals surface area contributed by atoms with Gasteiger partial charge in [-0.15, -0.1) is 0 Å². The van der Waals surface area contributed by atoms with Crippen molar-refractivity contribution in [1.82, 2.24) is 0 Å². The third-order valence-corrected chi connectivity index (χ3v) is 1.05. The normalized spacial score (nSPS) is 11.5. The predicted octanol–water partition coefficient (Wildman–Crippen LogP) is 2.96. The Morgan fingerprint density at radius 2 is 2.00 bits per heavy atom. The first-order valence-corrected chi connectivity index (χ1v) is 3.17. The van der Waals surface area contributed by atoms with Crippen molar-refractivity contribution in [2.75, 3.05) is 0 Å². The van der Waals surface area contributed by atoms with Gasteiger partial charge in [-0.1, -0.05) is 26.0 Å². The van der Waals surface area contributed by atoms with Gasteiger partial charge in [-0.2, -0.15) is 0 Å². The first kappa shape index (κ1) is 7.74. The maximum Gasteiger partial charge on any atom is -0.0300 e. The van der Waals surface area contributed by atoms with Crippen LogP contribution in [0, 0.1) is 5.92 Å². The number of rotatable bonds is 3. The highest BCUT2D eigenvalue weighted by molar-refractivity contribution is 4.84. The summed E-state index contributed by atoms with van der Waals surface area (Å²) in [6.07, 6.45) is 6.75. The SMILES string of the molecule is C/C=C/CC[C](C)C. The molecular weight excluding hydrogens is 96.1 g/mol. The molecule has 0 aromatic carbocycles. The molecule has 0 N–H and O–H groups in total. The Kier molecular flexibility index (Phi) is 4.73. The molecule has 0 amide bonds. The molecule has 0 bridgehead atoms. The van der Waals surface area contributed by atoms with Crippen LogP contribution in [0.2, 0.25) is 0 Å². The van der Waals surface area contributed by atoms with Crippen LogP contribution in [0.25, 0.3) is 0 Å². The molecule has 0 saturated heterocycles. The quantitative estimate of drug-likeness (QED) is 0.491. The van der Waals surface area contributed by atoms with Crippen molar-refractivity contribution in [2.45, 2.75) is 33.6 Å². The standard InChI is InChI=1S/C8H15/c1-4-5-6-7-8(2)3/h4-5H,6-7H2,1-3H3/b5-4+. The van der Waals surface area contributed by atoms with Crippen LogP contribution in [-0.4, -0.2) is 0 Å². The molecule has 1 radical (unpaired) electrons. The number of hydrogen-bond acceptors (Lipinski definition) is 0. The summed E-state index contributed by atoms with van der Waals surface area (Å²) < 4.78 is 0. The van der Waals surface area contributed by atoms with Crippen LogP contribution in [0.1, 0.15) is 33.6 Å². The molecular formula is C8H15. The van der Waals surface area contributed by atoms with Gasteiger partial charge in [-0.3, -0.25) is 0 Å². The zero-order chi connectivity index (χ0) is 6.41. The summed E-state index contributed by atoms with van der Waals surface area (Å²) in [6.45, 7) is 6.40.